The number of nitrogens with zero attached hydrogens (tertiary/aromatic N) is 2. The van der Waals surface area contributed by atoms with Gasteiger partial charge >= 0.3 is 6.18 Å². The predicted molar refractivity (Wildman–Crippen MR) is 129 cm³/mol. The quantitative estimate of drug-likeness (QED) is 0.532. The molecule has 3 aromatic rings. The van der Waals surface area contributed by atoms with Crippen LogP contribution in [0.1, 0.15) is 31.4 Å². The molecule has 0 aliphatic carbocycles. The Morgan fingerprint density at radius 1 is 1.00 bits per heavy atom. The third-order valence-corrected chi connectivity index (χ3v) is 6.80. The molecular weight excluding hydrogens is 457 g/mol. The van der Waals surface area contributed by atoms with Gasteiger partial charge in [0, 0.05) is 37.3 Å². The fourth-order valence-electron chi connectivity index (χ4n) is 4.87. The first kappa shape index (κ1) is 25.4. The Morgan fingerprint density at radius 3 is 2.43 bits per heavy atom. The maximum atomic E-state index is 14.4. The van der Waals surface area contributed by atoms with Crippen LogP contribution in [0.25, 0.3) is 10.9 Å². The summed E-state index contributed by atoms with van der Waals surface area (Å²) in [6, 6.07) is 15.3. The fraction of sp³-hybridized carbons (Fsp3) is 0.444. The van der Waals surface area contributed by atoms with Crippen molar-refractivity contribution >= 4 is 10.9 Å². The van der Waals surface area contributed by atoms with Gasteiger partial charge in [-0.3, -0.25) is 9.69 Å². The number of ether oxygens (including phenoxy) is 1. The molecular formula is C27H31F3N2O3. The van der Waals surface area contributed by atoms with Gasteiger partial charge in [0.1, 0.15) is 0 Å². The molecule has 1 saturated heterocycles. The third-order valence-electron chi connectivity index (χ3n) is 6.80. The summed E-state index contributed by atoms with van der Waals surface area (Å²) in [6.45, 7) is 6.40. The molecule has 35 heavy (non-hydrogen) atoms. The maximum Gasteiger partial charge on any atom is 0.418 e. The topological polar surface area (TPSA) is 54.7 Å². The van der Waals surface area contributed by atoms with Crippen molar-refractivity contribution in [2.45, 2.75) is 50.6 Å². The molecule has 2 aromatic carbocycles. The molecule has 0 amide bonds. The molecule has 1 fully saturated rings. The zero-order valence-corrected chi connectivity index (χ0v) is 20.0. The van der Waals surface area contributed by atoms with Gasteiger partial charge in [0.25, 0.3) is 0 Å². The minimum Gasteiger partial charge on any atom is -0.379 e. The Kier molecular flexibility index (Phi) is 7.09. The van der Waals surface area contributed by atoms with E-state index in [9.17, 15) is 23.1 Å². The van der Waals surface area contributed by atoms with Crippen LogP contribution < -0.4 is 5.43 Å². The van der Waals surface area contributed by atoms with Crippen molar-refractivity contribution in [3.63, 3.8) is 0 Å². The lowest BCUT2D eigenvalue weighted by Crippen LogP contribution is -2.52. The average Bonchev–Trinajstić information content (AvgIpc) is 2.81. The van der Waals surface area contributed by atoms with Crippen molar-refractivity contribution in [2.75, 3.05) is 26.3 Å². The van der Waals surface area contributed by atoms with E-state index >= 15 is 0 Å². The number of halogens is 3. The van der Waals surface area contributed by atoms with Crippen molar-refractivity contribution in [3.8, 4) is 0 Å². The second-order valence-electron chi connectivity index (χ2n) is 10.0. The Hall–Kier alpha value is -2.68. The van der Waals surface area contributed by atoms with E-state index in [2.05, 4.69) is 4.90 Å². The molecule has 0 spiro atoms. The molecule has 5 nitrogen and oxygen atoms in total. The number of benzene rings is 2. The van der Waals surface area contributed by atoms with Crippen LogP contribution in [0, 0.1) is 0 Å². The molecule has 1 N–H and O–H groups in total. The Morgan fingerprint density at radius 2 is 1.71 bits per heavy atom. The Bertz CT molecular complexity index is 1230. The second kappa shape index (κ2) is 9.76. The predicted octanol–water partition coefficient (Wildman–Crippen LogP) is 4.50. The van der Waals surface area contributed by atoms with Gasteiger partial charge < -0.3 is 14.4 Å². The van der Waals surface area contributed by atoms with E-state index in [1.807, 2.05) is 24.3 Å². The molecule has 1 unspecified atom stereocenters. The first-order valence-electron chi connectivity index (χ1n) is 11.8. The summed E-state index contributed by atoms with van der Waals surface area (Å²) in [5.74, 6) is 0. The monoisotopic (exact) mass is 488 g/mol. The van der Waals surface area contributed by atoms with E-state index in [4.69, 9.17) is 4.74 Å². The number of hydrogen-bond acceptors (Lipinski definition) is 4. The SMILES string of the molecule is CC(C)(CC(O)(Cn1ccc(=O)c2ccccc21)C(F)(F)F)c1cccc(CN2CCOCC2)c1. The van der Waals surface area contributed by atoms with E-state index in [0.29, 0.717) is 30.7 Å². The summed E-state index contributed by atoms with van der Waals surface area (Å²) in [5.41, 5.74) is -2.15. The smallest absolute Gasteiger partial charge is 0.379 e. The number of para-hydroxylation sites is 1. The zero-order chi connectivity index (χ0) is 25.3. The van der Waals surface area contributed by atoms with Crippen LogP contribution in [0.4, 0.5) is 13.2 Å². The van der Waals surface area contributed by atoms with Gasteiger partial charge in [-0.05, 0) is 35.1 Å². The van der Waals surface area contributed by atoms with Crippen molar-refractivity contribution in [3.05, 3.63) is 82.1 Å². The lowest BCUT2D eigenvalue weighted by atomic mass is 9.74. The number of pyridine rings is 1. The maximum absolute atomic E-state index is 14.4. The third kappa shape index (κ3) is 5.60. The van der Waals surface area contributed by atoms with Crippen molar-refractivity contribution < 1.29 is 23.0 Å². The summed E-state index contributed by atoms with van der Waals surface area (Å²) in [4.78, 5) is 14.4. The van der Waals surface area contributed by atoms with Gasteiger partial charge in [-0.25, -0.2) is 0 Å². The van der Waals surface area contributed by atoms with Gasteiger partial charge in [-0.15, -0.1) is 0 Å². The molecule has 2 heterocycles. The highest BCUT2D eigenvalue weighted by Gasteiger charge is 2.56. The van der Waals surface area contributed by atoms with Crippen LogP contribution >= 0.6 is 0 Å². The lowest BCUT2D eigenvalue weighted by molar-refractivity contribution is -0.271. The summed E-state index contributed by atoms with van der Waals surface area (Å²) in [5, 5.41) is 11.4. The largest absolute Gasteiger partial charge is 0.418 e. The van der Waals surface area contributed by atoms with Gasteiger partial charge in [-0.1, -0.05) is 50.2 Å². The van der Waals surface area contributed by atoms with Crippen LogP contribution in [-0.2, 0) is 23.2 Å². The summed E-state index contributed by atoms with van der Waals surface area (Å²) < 4.78 is 49.8. The van der Waals surface area contributed by atoms with Crippen LogP contribution in [0.3, 0.4) is 0 Å². The summed E-state index contributed by atoms with van der Waals surface area (Å²) >= 11 is 0. The van der Waals surface area contributed by atoms with Crippen LogP contribution in [0.15, 0.2) is 65.6 Å². The first-order valence-corrected chi connectivity index (χ1v) is 11.8. The van der Waals surface area contributed by atoms with Gasteiger partial charge in [0.05, 0.1) is 25.3 Å². The van der Waals surface area contributed by atoms with E-state index in [1.54, 1.807) is 38.1 Å². The van der Waals surface area contributed by atoms with Crippen molar-refractivity contribution in [2.24, 2.45) is 0 Å². The number of fused-ring (bicyclic) bond motifs is 1. The number of hydrogen-bond donors (Lipinski definition) is 1. The van der Waals surface area contributed by atoms with E-state index in [1.165, 1.54) is 16.8 Å². The van der Waals surface area contributed by atoms with E-state index in [0.717, 1.165) is 24.2 Å². The van der Waals surface area contributed by atoms with Gasteiger partial charge in [-0.2, -0.15) is 13.2 Å². The number of aliphatic hydroxyl groups is 1. The van der Waals surface area contributed by atoms with Gasteiger partial charge in [0.2, 0.25) is 0 Å². The van der Waals surface area contributed by atoms with Crippen molar-refractivity contribution in [1.82, 2.24) is 9.47 Å². The number of rotatable bonds is 7. The molecule has 4 rings (SSSR count). The Balaban J connectivity index is 1.63. The van der Waals surface area contributed by atoms with Crippen LogP contribution in [0.5, 0.6) is 0 Å². The minimum atomic E-state index is -4.88. The molecule has 0 radical (unpaired) electrons. The Labute approximate surface area is 202 Å². The molecule has 1 aromatic heterocycles. The lowest BCUT2D eigenvalue weighted by Gasteiger charge is -2.39. The average molecular weight is 489 g/mol. The van der Waals surface area contributed by atoms with E-state index < -0.39 is 30.2 Å². The minimum absolute atomic E-state index is 0.273. The highest BCUT2D eigenvalue weighted by atomic mass is 19.4. The molecule has 8 heteroatoms. The molecule has 1 aliphatic rings. The zero-order valence-electron chi connectivity index (χ0n) is 20.0. The van der Waals surface area contributed by atoms with Crippen molar-refractivity contribution in [1.29, 1.82) is 0 Å². The summed E-state index contributed by atoms with van der Waals surface area (Å²) in [7, 11) is 0. The standard InChI is InChI=1S/C27H31F3N2O3/c1-25(2,21-7-5-6-20(16-21)17-31-12-14-35-15-13-31)18-26(34,27(28,29)30)19-32-11-10-24(33)22-8-3-4-9-23(22)32/h3-11,16,34H,12-15,17-19H2,1-2H3. The number of alkyl halides is 3. The fourth-order valence-corrected chi connectivity index (χ4v) is 4.87. The molecule has 0 bridgehead atoms. The van der Waals surface area contributed by atoms with Gasteiger partial charge in [0.15, 0.2) is 11.0 Å². The number of aromatic nitrogens is 1. The van der Waals surface area contributed by atoms with Crippen LogP contribution in [-0.4, -0.2) is 52.7 Å². The normalized spacial score (nSPS) is 17.4. The highest BCUT2D eigenvalue weighted by Crippen LogP contribution is 2.42. The summed E-state index contributed by atoms with van der Waals surface area (Å²) in [6.07, 6.45) is -4.10. The second-order valence-corrected chi connectivity index (χ2v) is 10.0. The first-order chi connectivity index (χ1) is 16.5. The van der Waals surface area contributed by atoms with Crippen LogP contribution in [0.2, 0.25) is 0 Å². The molecule has 188 valence electrons. The molecule has 1 atom stereocenters. The number of morpholine rings is 1. The molecule has 1 aliphatic heterocycles. The molecule has 0 saturated carbocycles. The highest BCUT2D eigenvalue weighted by molar-refractivity contribution is 5.78. The van der Waals surface area contributed by atoms with E-state index in [-0.39, 0.29) is 5.43 Å².